The van der Waals surface area contributed by atoms with E-state index in [9.17, 15) is 27.2 Å². The number of aromatic nitrogens is 1. The van der Waals surface area contributed by atoms with Crippen LogP contribution >= 0.6 is 35.0 Å². The zero-order valence-corrected chi connectivity index (χ0v) is 27.6. The molecule has 1 saturated carbocycles. The fourth-order valence-electron chi connectivity index (χ4n) is 5.07. The Balaban J connectivity index is 1.30. The molecule has 3 aromatic rings. The Kier molecular flexibility index (Phi) is 10.1. The Morgan fingerprint density at radius 3 is 2.49 bits per heavy atom. The van der Waals surface area contributed by atoms with Crippen LogP contribution in [0.2, 0.25) is 10.0 Å². The van der Waals surface area contributed by atoms with Crippen LogP contribution in [0.4, 0.5) is 8.78 Å². The molecule has 3 heterocycles. The maximum Gasteiger partial charge on any atom is 0.387 e. The van der Waals surface area contributed by atoms with Crippen LogP contribution in [0.5, 0.6) is 23.0 Å². The Morgan fingerprint density at radius 1 is 1.06 bits per heavy atom. The lowest BCUT2D eigenvalue weighted by Crippen LogP contribution is -2.40. The minimum Gasteiger partial charge on any atom is -0.619 e. The third-order valence-electron chi connectivity index (χ3n) is 7.60. The zero-order chi connectivity index (χ0) is 33.3. The second kappa shape index (κ2) is 14.1. The first kappa shape index (κ1) is 33.7. The van der Waals surface area contributed by atoms with E-state index in [0.29, 0.717) is 28.4 Å². The number of sulfonamides is 1. The van der Waals surface area contributed by atoms with Crippen molar-refractivity contribution in [3.05, 3.63) is 75.2 Å². The average molecular weight is 734 g/mol. The van der Waals surface area contributed by atoms with Gasteiger partial charge in [0.05, 0.1) is 11.5 Å². The van der Waals surface area contributed by atoms with Gasteiger partial charge in [-0.1, -0.05) is 29.3 Å². The number of benzene rings is 2. The molecule has 17 heteroatoms. The normalized spacial score (nSPS) is 18.6. The van der Waals surface area contributed by atoms with Crippen LogP contribution < -0.4 is 23.7 Å². The van der Waals surface area contributed by atoms with E-state index in [-0.39, 0.29) is 69.8 Å². The van der Waals surface area contributed by atoms with Crippen LogP contribution in [0.15, 0.2) is 53.7 Å². The Labute approximate surface area is 283 Å². The Bertz CT molecular complexity index is 1740. The second-order valence-corrected chi connectivity index (χ2v) is 14.8. The lowest BCUT2D eigenvalue weighted by atomic mass is 10.0. The van der Waals surface area contributed by atoms with Crippen molar-refractivity contribution >= 4 is 51.0 Å². The fourth-order valence-corrected chi connectivity index (χ4v) is 8.73. The number of carbonyl (C=O) groups excluding carboxylic acids is 1. The van der Waals surface area contributed by atoms with Gasteiger partial charge in [0.15, 0.2) is 40.8 Å². The van der Waals surface area contributed by atoms with Crippen molar-refractivity contribution in [2.24, 2.45) is 5.92 Å². The summed E-state index contributed by atoms with van der Waals surface area (Å²) in [5.41, 5.74) is 0.576. The van der Waals surface area contributed by atoms with Gasteiger partial charge in [-0.2, -0.15) is 17.8 Å². The molecular weight excluding hydrogens is 705 g/mol. The molecule has 2 fully saturated rings. The van der Waals surface area contributed by atoms with Crippen LogP contribution in [0, 0.1) is 11.1 Å². The van der Waals surface area contributed by atoms with E-state index in [1.54, 1.807) is 0 Å². The maximum atomic E-state index is 13.8. The molecule has 1 saturated heterocycles. The molecule has 3 aliphatic rings. The quantitative estimate of drug-likeness (QED) is 0.136. The summed E-state index contributed by atoms with van der Waals surface area (Å²) in [6.07, 6.45) is 2.75. The lowest BCUT2D eigenvalue weighted by molar-refractivity contribution is -0.605. The molecule has 252 valence electrons. The summed E-state index contributed by atoms with van der Waals surface area (Å²) in [5, 5.41) is 10.6. The molecule has 0 bridgehead atoms. The molecular formula is C30H28Cl2F2N2O9S2. The van der Waals surface area contributed by atoms with Crippen molar-refractivity contribution in [3.8, 4) is 23.0 Å². The average Bonchev–Trinajstić information content (AvgIpc) is 3.72. The summed E-state index contributed by atoms with van der Waals surface area (Å²) >= 11 is 13.8. The van der Waals surface area contributed by atoms with Crippen molar-refractivity contribution in [1.29, 1.82) is 0 Å². The van der Waals surface area contributed by atoms with Gasteiger partial charge in [0.2, 0.25) is 10.0 Å². The molecule has 6 rings (SSSR count). The highest BCUT2D eigenvalue weighted by Gasteiger charge is 2.42. The van der Waals surface area contributed by atoms with Gasteiger partial charge < -0.3 is 28.9 Å². The molecule has 2 aromatic carbocycles. The van der Waals surface area contributed by atoms with Gasteiger partial charge in [-0.05, 0) is 48.6 Å². The van der Waals surface area contributed by atoms with Crippen LogP contribution in [-0.2, 0) is 26.0 Å². The van der Waals surface area contributed by atoms with Crippen molar-refractivity contribution in [1.82, 2.24) is 4.31 Å². The first-order valence-electron chi connectivity index (χ1n) is 14.5. The van der Waals surface area contributed by atoms with Crippen LogP contribution in [0.25, 0.3) is 0 Å². The summed E-state index contributed by atoms with van der Waals surface area (Å²) in [4.78, 5) is 13.7. The molecule has 11 nitrogen and oxygen atoms in total. The van der Waals surface area contributed by atoms with Crippen molar-refractivity contribution in [2.75, 3.05) is 32.1 Å². The number of hydrogen-bond acceptors (Lipinski definition) is 10. The molecule has 0 radical (unpaired) electrons. The van der Waals surface area contributed by atoms with Crippen LogP contribution in [0.1, 0.15) is 30.1 Å². The lowest BCUT2D eigenvalue weighted by Gasteiger charge is -2.26. The van der Waals surface area contributed by atoms with Crippen LogP contribution in [0.3, 0.4) is 0 Å². The van der Waals surface area contributed by atoms with E-state index < -0.39 is 34.1 Å². The molecule has 0 amide bonds. The van der Waals surface area contributed by atoms with E-state index in [4.69, 9.17) is 42.1 Å². The van der Waals surface area contributed by atoms with Gasteiger partial charge in [0, 0.05) is 30.3 Å². The molecule has 1 aliphatic carbocycles. The van der Waals surface area contributed by atoms with E-state index in [1.807, 2.05) is 0 Å². The highest BCUT2D eigenvalue weighted by molar-refractivity contribution is 8.02. The number of fused-ring (bicyclic) bond motifs is 1. The number of thioether (sulfide) groups is 1. The van der Waals surface area contributed by atoms with E-state index in [0.717, 1.165) is 41.3 Å². The summed E-state index contributed by atoms with van der Waals surface area (Å²) in [6.45, 7) is -2.20. The summed E-state index contributed by atoms with van der Waals surface area (Å²) in [7, 11) is -4.19. The second-order valence-electron chi connectivity index (χ2n) is 10.9. The summed E-state index contributed by atoms with van der Waals surface area (Å²) < 4.78 is 82.8. The number of halogens is 4. The van der Waals surface area contributed by atoms with Gasteiger partial charge in [-0.3, -0.25) is 0 Å². The summed E-state index contributed by atoms with van der Waals surface area (Å²) in [6, 6.07) is 8.34. The zero-order valence-electron chi connectivity index (χ0n) is 24.5. The molecule has 0 unspecified atom stereocenters. The molecule has 0 spiro atoms. The third kappa shape index (κ3) is 7.75. The molecule has 2 aliphatic heterocycles. The van der Waals surface area contributed by atoms with Crippen LogP contribution in [-0.4, -0.2) is 62.8 Å². The van der Waals surface area contributed by atoms with Gasteiger partial charge in [0.25, 0.3) is 0 Å². The minimum absolute atomic E-state index is 0.00513. The SMILES string of the molecule is O=C(O[C@@H](Cc1c(Cl)c[n+]([O-])cc1Cl)c1ccc(OC(F)F)c(OCC2CC2)c1)[C@@H]1SCCN1S(=O)(=O)c1ccc2c(c1)OCCO2. The smallest absolute Gasteiger partial charge is 0.387 e. The molecule has 1 aromatic heterocycles. The third-order valence-corrected chi connectivity index (χ3v) is 11.4. The predicted molar refractivity (Wildman–Crippen MR) is 167 cm³/mol. The van der Waals surface area contributed by atoms with Gasteiger partial charge >= 0.3 is 12.6 Å². The number of carbonyl (C=O) groups is 1. The van der Waals surface area contributed by atoms with E-state index >= 15 is 0 Å². The number of esters is 1. The molecule has 47 heavy (non-hydrogen) atoms. The topological polar surface area (TPSA) is 128 Å². The van der Waals surface area contributed by atoms with Crippen molar-refractivity contribution < 1.29 is 50.4 Å². The highest BCUT2D eigenvalue weighted by atomic mass is 35.5. The van der Waals surface area contributed by atoms with Gasteiger partial charge in [-0.25, -0.2) is 13.2 Å². The summed E-state index contributed by atoms with van der Waals surface area (Å²) in [5.74, 6) is 0.210. The number of pyridine rings is 1. The standard InChI is InChI=1S/C30H28Cl2F2N2O9S2/c31-21-14-35(38)15-22(32)20(21)13-25(18-3-5-24(45-30(33)34)26(11-18)43-16-17-1-2-17)44-29(37)28-36(7-10-46-28)47(39,40)19-4-6-23-27(12-19)42-9-8-41-23/h3-6,11-12,14-15,17,25,28,30H,1-2,7-10,13,16H2/t25-,28-/m0/s1. The molecule has 0 N–H and O–H groups in total. The van der Waals surface area contributed by atoms with Gasteiger partial charge in [0.1, 0.15) is 29.4 Å². The minimum atomic E-state index is -4.19. The maximum absolute atomic E-state index is 13.8. The Morgan fingerprint density at radius 2 is 1.79 bits per heavy atom. The van der Waals surface area contributed by atoms with Crippen molar-refractivity contribution in [2.45, 2.75) is 42.2 Å². The van der Waals surface area contributed by atoms with E-state index in [1.165, 1.54) is 36.4 Å². The number of hydrogen-bond donors (Lipinski definition) is 0. The predicted octanol–water partition coefficient (Wildman–Crippen LogP) is 5.38. The Hall–Kier alpha value is -3.24. The fraction of sp³-hybridized carbons (Fsp3) is 0.400. The number of alkyl halides is 2. The van der Waals surface area contributed by atoms with Crippen molar-refractivity contribution in [3.63, 3.8) is 0 Å². The van der Waals surface area contributed by atoms with E-state index in [2.05, 4.69) is 4.74 Å². The number of ether oxygens (including phenoxy) is 5. The van der Waals surface area contributed by atoms with Gasteiger partial charge in [-0.15, -0.1) is 11.8 Å². The highest BCUT2D eigenvalue weighted by Crippen LogP contribution is 2.40. The monoisotopic (exact) mass is 732 g/mol. The number of rotatable bonds is 12. The first-order chi connectivity index (χ1) is 22.5. The largest absolute Gasteiger partial charge is 0.619 e. The first-order valence-corrected chi connectivity index (χ1v) is 17.8. The number of nitrogens with zero attached hydrogens (tertiary/aromatic N) is 2. The molecule has 2 atom stereocenters.